The molecular weight excluding hydrogens is 168 g/mol. The highest BCUT2D eigenvalue weighted by atomic mass is 32.2. The van der Waals surface area contributed by atoms with Crippen molar-refractivity contribution in [1.29, 1.82) is 0 Å². The predicted molar refractivity (Wildman–Crippen MR) is 52.9 cm³/mol. The van der Waals surface area contributed by atoms with Crippen LogP contribution >= 0.6 is 11.8 Å². The molecule has 0 fully saturated rings. The minimum atomic E-state index is 0.696. The highest BCUT2D eigenvalue weighted by molar-refractivity contribution is 8.02. The molecule has 0 bridgehead atoms. The summed E-state index contributed by atoms with van der Waals surface area (Å²) in [5.74, 6) is 2.06. The fourth-order valence-electron chi connectivity index (χ4n) is 1.12. The van der Waals surface area contributed by atoms with Gasteiger partial charge in [0.15, 0.2) is 0 Å². The molecule has 0 amide bonds. The third-order valence-electron chi connectivity index (χ3n) is 1.70. The average molecular weight is 178 g/mol. The van der Waals surface area contributed by atoms with E-state index in [1.807, 2.05) is 18.2 Å². The summed E-state index contributed by atoms with van der Waals surface area (Å²) >= 11 is 1.80. The molecule has 12 heavy (non-hydrogen) atoms. The molecule has 0 N–H and O–H groups in total. The summed E-state index contributed by atoms with van der Waals surface area (Å²) in [6.07, 6.45) is 10.3. The van der Waals surface area contributed by atoms with E-state index in [0.29, 0.717) is 6.61 Å². The number of hydrogen-bond donors (Lipinski definition) is 0. The van der Waals surface area contributed by atoms with E-state index in [9.17, 15) is 0 Å². The Hall–Kier alpha value is -0.890. The summed E-state index contributed by atoms with van der Waals surface area (Å²) < 4.78 is 5.46. The van der Waals surface area contributed by atoms with E-state index in [-0.39, 0.29) is 0 Å². The van der Waals surface area contributed by atoms with Crippen LogP contribution in [-0.4, -0.2) is 12.4 Å². The highest BCUT2D eigenvalue weighted by Gasteiger charge is 2.06. The molecule has 0 aromatic carbocycles. The molecular formula is C10H10OS. The molecule has 2 rings (SSSR count). The molecule has 0 saturated heterocycles. The zero-order chi connectivity index (χ0) is 8.23. The topological polar surface area (TPSA) is 9.23 Å². The molecule has 2 heterocycles. The maximum atomic E-state index is 5.46. The van der Waals surface area contributed by atoms with Crippen LogP contribution in [0.15, 0.2) is 47.1 Å². The highest BCUT2D eigenvalue weighted by Crippen LogP contribution is 2.23. The van der Waals surface area contributed by atoms with Gasteiger partial charge >= 0.3 is 0 Å². The largest absolute Gasteiger partial charge is 0.489 e. The SMILES string of the molecule is C1=CCOC(C2=CSCC=C2)=C1. The van der Waals surface area contributed by atoms with Gasteiger partial charge in [0.2, 0.25) is 0 Å². The Morgan fingerprint density at radius 1 is 1.33 bits per heavy atom. The lowest BCUT2D eigenvalue weighted by Crippen LogP contribution is -1.99. The molecule has 2 heteroatoms. The van der Waals surface area contributed by atoms with Crippen molar-refractivity contribution >= 4 is 11.8 Å². The summed E-state index contributed by atoms with van der Waals surface area (Å²) in [4.78, 5) is 0. The first-order chi connectivity index (χ1) is 5.97. The van der Waals surface area contributed by atoms with Crippen molar-refractivity contribution in [2.24, 2.45) is 0 Å². The van der Waals surface area contributed by atoms with Gasteiger partial charge in [0.05, 0.1) is 0 Å². The van der Waals surface area contributed by atoms with Crippen molar-refractivity contribution < 1.29 is 4.74 Å². The first-order valence-electron chi connectivity index (χ1n) is 3.95. The number of hydrogen-bond acceptors (Lipinski definition) is 2. The molecule has 1 nitrogen and oxygen atoms in total. The normalized spacial score (nSPS) is 21.3. The lowest BCUT2D eigenvalue weighted by atomic mass is 10.2. The van der Waals surface area contributed by atoms with Crippen LogP contribution in [0.2, 0.25) is 0 Å². The molecule has 0 atom stereocenters. The molecule has 0 unspecified atom stereocenters. The number of rotatable bonds is 1. The second-order valence-corrected chi connectivity index (χ2v) is 3.48. The number of ether oxygens (including phenoxy) is 1. The standard InChI is InChI=1S/C10H10OS/c1-2-6-11-10(5-1)9-4-3-7-12-8-9/h1-5,8H,6-7H2. The van der Waals surface area contributed by atoms with E-state index in [2.05, 4.69) is 17.6 Å². The fraction of sp³-hybridized carbons (Fsp3) is 0.200. The van der Waals surface area contributed by atoms with Gasteiger partial charge in [-0.05, 0) is 17.6 Å². The van der Waals surface area contributed by atoms with E-state index in [1.165, 1.54) is 5.57 Å². The Kier molecular flexibility index (Phi) is 2.37. The van der Waals surface area contributed by atoms with Crippen LogP contribution in [0.3, 0.4) is 0 Å². The molecule has 0 aliphatic carbocycles. The monoisotopic (exact) mass is 178 g/mol. The molecule has 62 valence electrons. The lowest BCUT2D eigenvalue weighted by Gasteiger charge is -2.13. The Balaban J connectivity index is 2.17. The van der Waals surface area contributed by atoms with Crippen molar-refractivity contribution in [3.8, 4) is 0 Å². The average Bonchev–Trinajstić information content (AvgIpc) is 2.21. The van der Waals surface area contributed by atoms with Crippen molar-refractivity contribution in [2.75, 3.05) is 12.4 Å². The lowest BCUT2D eigenvalue weighted by molar-refractivity contribution is 0.254. The van der Waals surface area contributed by atoms with E-state index in [1.54, 1.807) is 11.8 Å². The van der Waals surface area contributed by atoms with Gasteiger partial charge in [-0.1, -0.05) is 18.2 Å². The molecule has 2 aliphatic heterocycles. The van der Waals surface area contributed by atoms with Crippen molar-refractivity contribution in [3.05, 3.63) is 47.1 Å². The van der Waals surface area contributed by atoms with E-state index in [0.717, 1.165) is 11.5 Å². The summed E-state index contributed by atoms with van der Waals surface area (Å²) in [7, 11) is 0. The molecule has 0 saturated carbocycles. The quantitative estimate of drug-likeness (QED) is 0.610. The summed E-state index contributed by atoms with van der Waals surface area (Å²) in [6, 6.07) is 0. The Morgan fingerprint density at radius 2 is 2.33 bits per heavy atom. The van der Waals surface area contributed by atoms with Crippen LogP contribution in [0.5, 0.6) is 0 Å². The summed E-state index contributed by atoms with van der Waals surface area (Å²) in [6.45, 7) is 0.696. The van der Waals surface area contributed by atoms with E-state index >= 15 is 0 Å². The predicted octanol–water partition coefficient (Wildman–Crippen LogP) is 2.64. The zero-order valence-corrected chi connectivity index (χ0v) is 7.51. The molecule has 0 aromatic rings. The number of thioether (sulfide) groups is 1. The van der Waals surface area contributed by atoms with Gasteiger partial charge in [-0.2, -0.15) is 0 Å². The third-order valence-corrected chi connectivity index (χ3v) is 2.51. The van der Waals surface area contributed by atoms with E-state index < -0.39 is 0 Å². The van der Waals surface area contributed by atoms with Gasteiger partial charge in [0.1, 0.15) is 12.4 Å². The van der Waals surface area contributed by atoms with Crippen LogP contribution in [0.4, 0.5) is 0 Å². The van der Waals surface area contributed by atoms with Gasteiger partial charge < -0.3 is 4.74 Å². The molecule has 0 radical (unpaired) electrons. The smallest absolute Gasteiger partial charge is 0.127 e. The van der Waals surface area contributed by atoms with Gasteiger partial charge in [0.25, 0.3) is 0 Å². The van der Waals surface area contributed by atoms with Gasteiger partial charge in [-0.25, -0.2) is 0 Å². The van der Waals surface area contributed by atoms with Gasteiger partial charge in [-0.15, -0.1) is 11.8 Å². The molecule has 0 spiro atoms. The minimum absolute atomic E-state index is 0.696. The second-order valence-electron chi connectivity index (χ2n) is 2.58. The Morgan fingerprint density at radius 3 is 3.00 bits per heavy atom. The van der Waals surface area contributed by atoms with E-state index in [4.69, 9.17) is 4.74 Å². The second kappa shape index (κ2) is 3.68. The summed E-state index contributed by atoms with van der Waals surface area (Å²) in [5.41, 5.74) is 1.19. The molecule has 0 aromatic heterocycles. The van der Waals surface area contributed by atoms with Crippen LogP contribution in [0.25, 0.3) is 0 Å². The number of allylic oxidation sites excluding steroid dienone is 3. The van der Waals surface area contributed by atoms with Gasteiger partial charge in [-0.3, -0.25) is 0 Å². The first-order valence-corrected chi connectivity index (χ1v) is 5.00. The van der Waals surface area contributed by atoms with Crippen molar-refractivity contribution in [3.63, 3.8) is 0 Å². The minimum Gasteiger partial charge on any atom is -0.489 e. The van der Waals surface area contributed by atoms with Crippen molar-refractivity contribution in [1.82, 2.24) is 0 Å². The Bertz CT molecular complexity index is 284. The fourth-order valence-corrected chi connectivity index (χ4v) is 1.80. The maximum Gasteiger partial charge on any atom is 0.127 e. The van der Waals surface area contributed by atoms with Crippen LogP contribution in [0, 0.1) is 0 Å². The third kappa shape index (κ3) is 1.64. The van der Waals surface area contributed by atoms with Crippen molar-refractivity contribution in [2.45, 2.75) is 0 Å². The maximum absolute atomic E-state index is 5.46. The zero-order valence-electron chi connectivity index (χ0n) is 6.69. The summed E-state index contributed by atoms with van der Waals surface area (Å²) in [5, 5.41) is 2.14. The van der Waals surface area contributed by atoms with Gasteiger partial charge in [0, 0.05) is 11.3 Å². The Labute approximate surface area is 76.5 Å². The van der Waals surface area contributed by atoms with Crippen LogP contribution < -0.4 is 0 Å². The first kappa shape index (κ1) is 7.74. The molecule has 2 aliphatic rings. The van der Waals surface area contributed by atoms with Crippen LogP contribution in [0.1, 0.15) is 0 Å². The van der Waals surface area contributed by atoms with Crippen LogP contribution in [-0.2, 0) is 4.74 Å².